The third kappa shape index (κ3) is 8.04. The van der Waals surface area contributed by atoms with Crippen LogP contribution >= 0.6 is 0 Å². The van der Waals surface area contributed by atoms with Crippen LogP contribution in [0, 0.1) is 6.92 Å². The molecule has 0 radical (unpaired) electrons. The van der Waals surface area contributed by atoms with Crippen LogP contribution in [0.4, 0.5) is 5.69 Å². The third-order valence-electron chi connectivity index (χ3n) is 6.52. The molecule has 1 fully saturated rings. The number of aryl methyl sites for hydroxylation is 1. The van der Waals surface area contributed by atoms with Gasteiger partial charge in [-0.1, -0.05) is 39.8 Å². The van der Waals surface area contributed by atoms with Crippen molar-refractivity contribution < 1.29 is 14.2 Å². The summed E-state index contributed by atoms with van der Waals surface area (Å²) in [5.74, 6) is 3.28. The van der Waals surface area contributed by atoms with Gasteiger partial charge in [0.25, 0.3) is 0 Å². The van der Waals surface area contributed by atoms with Crippen LogP contribution in [-0.2, 0) is 0 Å². The summed E-state index contributed by atoms with van der Waals surface area (Å²) in [7, 11) is 1.74. The molecule has 0 aromatic heterocycles. The lowest BCUT2D eigenvalue weighted by Gasteiger charge is -2.36. The zero-order valence-corrected chi connectivity index (χ0v) is 22.6. The first kappa shape index (κ1) is 27.2. The van der Waals surface area contributed by atoms with Gasteiger partial charge in [-0.2, -0.15) is 0 Å². The number of methoxy groups -OCH3 is 1. The predicted molar refractivity (Wildman–Crippen MR) is 146 cm³/mol. The highest BCUT2D eigenvalue weighted by molar-refractivity contribution is 5.58. The molecule has 0 spiro atoms. The van der Waals surface area contributed by atoms with Gasteiger partial charge in [-0.25, -0.2) is 0 Å². The summed E-state index contributed by atoms with van der Waals surface area (Å²) in [4.78, 5) is 4.89. The topological polar surface area (TPSA) is 46.2 Å². The van der Waals surface area contributed by atoms with Gasteiger partial charge < -0.3 is 24.4 Å². The Labute approximate surface area is 212 Å². The summed E-state index contributed by atoms with van der Waals surface area (Å²) < 4.78 is 18.0. The maximum Gasteiger partial charge on any atom is 0.142 e. The first-order valence-corrected chi connectivity index (χ1v) is 13.1. The Balaban J connectivity index is 1.49. The van der Waals surface area contributed by atoms with E-state index in [9.17, 15) is 0 Å². The molecule has 6 heteroatoms. The maximum atomic E-state index is 6.31. The van der Waals surface area contributed by atoms with E-state index in [-0.39, 0.29) is 0 Å². The van der Waals surface area contributed by atoms with Gasteiger partial charge in [-0.15, -0.1) is 0 Å². The quantitative estimate of drug-likeness (QED) is 0.400. The Morgan fingerprint density at radius 3 is 2.29 bits per heavy atom. The number of anilines is 1. The summed E-state index contributed by atoms with van der Waals surface area (Å²) >= 11 is 0. The predicted octanol–water partition coefficient (Wildman–Crippen LogP) is 5.09. The second-order valence-corrected chi connectivity index (χ2v) is 9.97. The van der Waals surface area contributed by atoms with E-state index in [2.05, 4.69) is 74.0 Å². The smallest absolute Gasteiger partial charge is 0.142 e. The molecule has 1 aliphatic heterocycles. The molecule has 3 rings (SSSR count). The zero-order chi connectivity index (χ0) is 25.2. The van der Waals surface area contributed by atoms with Crippen molar-refractivity contribution in [2.75, 3.05) is 64.5 Å². The van der Waals surface area contributed by atoms with Crippen LogP contribution in [0.15, 0.2) is 36.4 Å². The molecule has 1 heterocycles. The van der Waals surface area contributed by atoms with Crippen LogP contribution in [0.2, 0.25) is 0 Å². The van der Waals surface area contributed by atoms with E-state index in [1.54, 1.807) is 7.11 Å². The fourth-order valence-corrected chi connectivity index (χ4v) is 4.44. The van der Waals surface area contributed by atoms with Crippen molar-refractivity contribution in [1.82, 2.24) is 10.2 Å². The molecule has 1 N–H and O–H groups in total. The summed E-state index contributed by atoms with van der Waals surface area (Å²) in [6.45, 7) is 18.2. The van der Waals surface area contributed by atoms with Gasteiger partial charge in [0, 0.05) is 44.3 Å². The number of rotatable bonds is 13. The first-order valence-electron chi connectivity index (χ1n) is 13.1. The highest BCUT2D eigenvalue weighted by Gasteiger charge is 2.20. The molecule has 1 aliphatic rings. The van der Waals surface area contributed by atoms with E-state index in [1.165, 1.54) is 11.3 Å². The molecule has 0 amide bonds. The third-order valence-corrected chi connectivity index (χ3v) is 6.52. The Morgan fingerprint density at radius 2 is 1.60 bits per heavy atom. The van der Waals surface area contributed by atoms with E-state index in [1.807, 2.05) is 12.1 Å². The monoisotopic (exact) mass is 483 g/mol. The van der Waals surface area contributed by atoms with Gasteiger partial charge in [-0.05, 0) is 55.6 Å². The van der Waals surface area contributed by atoms with Crippen molar-refractivity contribution in [3.63, 3.8) is 0 Å². The van der Waals surface area contributed by atoms with Gasteiger partial charge in [0.2, 0.25) is 0 Å². The van der Waals surface area contributed by atoms with Crippen LogP contribution in [0.3, 0.4) is 0 Å². The molecule has 1 saturated heterocycles. The summed E-state index contributed by atoms with van der Waals surface area (Å²) in [5.41, 5.74) is 3.53. The van der Waals surface area contributed by atoms with Crippen molar-refractivity contribution in [2.24, 2.45) is 0 Å². The molecule has 0 unspecified atom stereocenters. The van der Waals surface area contributed by atoms with Crippen molar-refractivity contribution >= 4 is 5.69 Å². The zero-order valence-electron chi connectivity index (χ0n) is 22.6. The van der Waals surface area contributed by atoms with Crippen LogP contribution in [-0.4, -0.2) is 70.5 Å². The Hall–Kier alpha value is -2.44. The Morgan fingerprint density at radius 1 is 0.886 bits per heavy atom. The molecule has 0 aliphatic carbocycles. The van der Waals surface area contributed by atoms with E-state index >= 15 is 0 Å². The normalized spacial score (nSPS) is 14.6. The number of hydrogen-bond donors (Lipinski definition) is 1. The second-order valence-electron chi connectivity index (χ2n) is 9.97. The van der Waals surface area contributed by atoms with Crippen molar-refractivity contribution in [3.8, 4) is 17.2 Å². The van der Waals surface area contributed by atoms with E-state index < -0.39 is 0 Å². The Bertz CT molecular complexity index is 908. The highest BCUT2D eigenvalue weighted by atomic mass is 16.5. The average Bonchev–Trinajstić information content (AvgIpc) is 2.85. The molecule has 194 valence electrons. The minimum atomic E-state index is 0.375. The van der Waals surface area contributed by atoms with Gasteiger partial charge in [0.1, 0.15) is 23.9 Å². The fraction of sp³-hybridized carbons (Fsp3) is 0.586. The molecule has 6 nitrogen and oxygen atoms in total. The lowest BCUT2D eigenvalue weighted by atomic mass is 10.00. The minimum absolute atomic E-state index is 0.375. The van der Waals surface area contributed by atoms with Crippen LogP contribution in [0.1, 0.15) is 51.2 Å². The largest absolute Gasteiger partial charge is 0.495 e. The van der Waals surface area contributed by atoms with Crippen molar-refractivity contribution in [3.05, 3.63) is 47.5 Å². The lowest BCUT2D eigenvalue weighted by molar-refractivity contribution is 0.199. The number of benzene rings is 2. The average molecular weight is 484 g/mol. The molecule has 0 saturated carbocycles. The number of nitrogens with one attached hydrogen (secondary N) is 1. The number of ether oxygens (including phenoxy) is 3. The SMILES string of the molecule is COc1ccccc1N1CCN(CCOc2cc(C)c(OCCCNC(C)C)cc2C(C)C)CC1. The van der Waals surface area contributed by atoms with Gasteiger partial charge >= 0.3 is 0 Å². The Kier molecular flexibility index (Phi) is 10.5. The lowest BCUT2D eigenvalue weighted by Crippen LogP contribution is -2.47. The van der Waals surface area contributed by atoms with Gasteiger partial charge in [0.05, 0.1) is 19.4 Å². The standard InChI is InChI=1S/C29H45N3O3/c1-22(2)25-21-28(34-18-9-12-30-23(3)4)24(5)20-29(25)35-19-17-31-13-15-32(16-14-31)26-10-7-8-11-27(26)33-6/h7-8,10-11,20-23,30H,9,12-19H2,1-6H3. The van der Waals surface area contributed by atoms with Crippen molar-refractivity contribution in [2.45, 2.75) is 53.0 Å². The number of piperazine rings is 1. The number of para-hydroxylation sites is 2. The van der Waals surface area contributed by atoms with Gasteiger partial charge in [-0.3, -0.25) is 4.90 Å². The highest BCUT2D eigenvalue weighted by Crippen LogP contribution is 2.34. The summed E-state index contributed by atoms with van der Waals surface area (Å²) in [5, 5.41) is 3.44. The molecule has 0 atom stereocenters. The summed E-state index contributed by atoms with van der Waals surface area (Å²) in [6.07, 6.45) is 0.997. The minimum Gasteiger partial charge on any atom is -0.495 e. The molecular weight excluding hydrogens is 438 g/mol. The number of hydrogen-bond acceptors (Lipinski definition) is 6. The summed E-state index contributed by atoms with van der Waals surface area (Å²) in [6, 6.07) is 13.1. The molecular formula is C29H45N3O3. The molecule has 2 aromatic carbocycles. The van der Waals surface area contributed by atoms with E-state index in [0.29, 0.717) is 18.6 Å². The first-order chi connectivity index (χ1) is 16.9. The van der Waals surface area contributed by atoms with Crippen LogP contribution in [0.5, 0.6) is 17.2 Å². The van der Waals surface area contributed by atoms with Crippen LogP contribution in [0.25, 0.3) is 0 Å². The second kappa shape index (κ2) is 13.6. The maximum absolute atomic E-state index is 6.31. The van der Waals surface area contributed by atoms with E-state index in [0.717, 1.165) is 75.1 Å². The fourth-order valence-electron chi connectivity index (χ4n) is 4.44. The van der Waals surface area contributed by atoms with Crippen molar-refractivity contribution in [1.29, 1.82) is 0 Å². The number of nitrogens with zero attached hydrogens (tertiary/aromatic N) is 2. The molecule has 35 heavy (non-hydrogen) atoms. The van der Waals surface area contributed by atoms with Crippen LogP contribution < -0.4 is 24.4 Å². The molecule has 0 bridgehead atoms. The van der Waals surface area contributed by atoms with Gasteiger partial charge in [0.15, 0.2) is 0 Å². The molecule has 2 aromatic rings. The van der Waals surface area contributed by atoms with E-state index in [4.69, 9.17) is 14.2 Å².